The van der Waals surface area contributed by atoms with Crippen LogP contribution >= 0.6 is 0 Å². The highest BCUT2D eigenvalue weighted by atomic mass is 19.1. The molecule has 2 fully saturated rings. The third-order valence-corrected chi connectivity index (χ3v) is 5.86. The van der Waals surface area contributed by atoms with Crippen molar-refractivity contribution in [2.45, 2.75) is 6.04 Å². The smallest absolute Gasteiger partial charge is 0.291 e. The van der Waals surface area contributed by atoms with E-state index in [-0.39, 0.29) is 5.78 Å². The fraction of sp³-hybridized carbons (Fsp3) is 0.348. The zero-order valence-electron chi connectivity index (χ0n) is 16.6. The predicted molar refractivity (Wildman–Crippen MR) is 107 cm³/mol. The van der Waals surface area contributed by atoms with E-state index in [4.69, 9.17) is 4.74 Å². The largest absolute Gasteiger partial charge is 0.370 e. The van der Waals surface area contributed by atoms with Crippen molar-refractivity contribution >= 4 is 17.5 Å². The molecule has 2 aromatic rings. The van der Waals surface area contributed by atoms with Crippen LogP contribution in [0.25, 0.3) is 0 Å². The van der Waals surface area contributed by atoms with E-state index in [9.17, 15) is 18.8 Å². The Hall–Kier alpha value is -2.90. The van der Waals surface area contributed by atoms with E-state index in [2.05, 4.69) is 0 Å². The van der Waals surface area contributed by atoms with Crippen molar-refractivity contribution < 1.29 is 28.4 Å². The first-order valence-corrected chi connectivity index (χ1v) is 10.2. The number of ether oxygens (including phenoxy) is 1. The second-order valence-electron chi connectivity index (χ2n) is 7.68. The Morgan fingerprint density at radius 1 is 1.03 bits per heavy atom. The number of likely N-dealkylation sites (tertiary alicyclic amines) is 1. The van der Waals surface area contributed by atoms with Crippen LogP contribution in [-0.4, -0.2) is 61.8 Å². The zero-order chi connectivity index (χ0) is 21.1. The van der Waals surface area contributed by atoms with Crippen LogP contribution < -0.4 is 4.90 Å². The van der Waals surface area contributed by atoms with E-state index < -0.39 is 29.5 Å². The molecule has 6 nitrogen and oxygen atoms in total. The lowest BCUT2D eigenvalue weighted by Crippen LogP contribution is -3.14. The second-order valence-corrected chi connectivity index (χ2v) is 7.68. The van der Waals surface area contributed by atoms with E-state index in [0.29, 0.717) is 37.4 Å². The van der Waals surface area contributed by atoms with Crippen molar-refractivity contribution in [3.8, 4) is 0 Å². The molecule has 0 radical (unpaired) electrons. The Morgan fingerprint density at radius 2 is 1.70 bits per heavy atom. The summed E-state index contributed by atoms with van der Waals surface area (Å²) < 4.78 is 18.9. The molecule has 0 spiro atoms. The highest BCUT2D eigenvalue weighted by Crippen LogP contribution is 2.37. The second kappa shape index (κ2) is 8.85. The fourth-order valence-electron chi connectivity index (χ4n) is 4.23. The van der Waals surface area contributed by atoms with Crippen LogP contribution in [0.15, 0.2) is 54.6 Å². The molecule has 2 heterocycles. The SMILES string of the molecule is O=C1C(=O)N(CC[NH+]2CCOCC2)C(c2ccc(F)cc2)C1C(=O)c1ccccc1. The molecule has 30 heavy (non-hydrogen) atoms. The van der Waals surface area contributed by atoms with Gasteiger partial charge in [0.1, 0.15) is 24.8 Å². The van der Waals surface area contributed by atoms with Gasteiger partial charge >= 0.3 is 0 Å². The standard InChI is InChI=1S/C23H23FN2O4/c24-18-8-6-16(7-9-18)20-19(21(27)17-4-2-1-3-5-17)22(28)23(29)26(20)11-10-25-12-14-30-15-13-25/h1-9,19-20H,10-15H2/p+1. The van der Waals surface area contributed by atoms with Crippen LogP contribution in [0.5, 0.6) is 0 Å². The Bertz CT molecular complexity index is 926. The Labute approximate surface area is 174 Å². The molecule has 2 unspecified atom stereocenters. The Kier molecular flexibility index (Phi) is 6.01. The molecule has 0 aliphatic carbocycles. The van der Waals surface area contributed by atoms with E-state index in [1.165, 1.54) is 21.9 Å². The summed E-state index contributed by atoms with van der Waals surface area (Å²) in [4.78, 5) is 41.8. The summed E-state index contributed by atoms with van der Waals surface area (Å²) in [6, 6.07) is 13.5. The van der Waals surface area contributed by atoms with Gasteiger partial charge in [-0.05, 0) is 17.7 Å². The van der Waals surface area contributed by atoms with Crippen molar-refractivity contribution in [3.63, 3.8) is 0 Å². The van der Waals surface area contributed by atoms with Gasteiger partial charge in [0, 0.05) is 5.56 Å². The van der Waals surface area contributed by atoms with Gasteiger partial charge in [-0.2, -0.15) is 0 Å². The molecule has 7 heteroatoms. The number of Topliss-reactive ketones (excluding diaryl/α,β-unsaturated/α-hetero) is 2. The van der Waals surface area contributed by atoms with Crippen molar-refractivity contribution in [3.05, 3.63) is 71.5 Å². The topological polar surface area (TPSA) is 68.1 Å². The molecule has 0 aromatic heterocycles. The van der Waals surface area contributed by atoms with Crippen LogP contribution in [0.2, 0.25) is 0 Å². The maximum absolute atomic E-state index is 13.5. The molecule has 2 saturated heterocycles. The molecule has 2 aliphatic rings. The van der Waals surface area contributed by atoms with Gasteiger partial charge in [-0.15, -0.1) is 0 Å². The van der Waals surface area contributed by atoms with E-state index >= 15 is 0 Å². The third-order valence-electron chi connectivity index (χ3n) is 5.86. The summed E-state index contributed by atoms with van der Waals surface area (Å²) >= 11 is 0. The molecule has 0 saturated carbocycles. The van der Waals surface area contributed by atoms with Gasteiger partial charge in [-0.1, -0.05) is 42.5 Å². The van der Waals surface area contributed by atoms with E-state index in [1.54, 1.807) is 42.5 Å². The van der Waals surface area contributed by atoms with E-state index in [0.717, 1.165) is 13.1 Å². The average molecular weight is 411 g/mol. The lowest BCUT2D eigenvalue weighted by Gasteiger charge is -2.30. The first kappa shape index (κ1) is 20.4. The minimum Gasteiger partial charge on any atom is -0.370 e. The Balaban J connectivity index is 1.65. The average Bonchev–Trinajstić information content (AvgIpc) is 3.04. The summed E-state index contributed by atoms with van der Waals surface area (Å²) in [5.41, 5.74) is 0.971. The quantitative estimate of drug-likeness (QED) is 0.432. The molecule has 0 bridgehead atoms. The molecular weight excluding hydrogens is 387 g/mol. The normalized spacial score (nSPS) is 22.5. The number of hydrogen-bond donors (Lipinski definition) is 1. The first-order chi connectivity index (χ1) is 14.6. The van der Waals surface area contributed by atoms with Crippen molar-refractivity contribution in [1.29, 1.82) is 0 Å². The van der Waals surface area contributed by atoms with Gasteiger partial charge < -0.3 is 14.5 Å². The summed E-state index contributed by atoms with van der Waals surface area (Å²) in [7, 11) is 0. The lowest BCUT2D eigenvalue weighted by molar-refractivity contribution is -0.907. The molecular formula is C23H24FN2O4+. The van der Waals surface area contributed by atoms with Crippen LogP contribution in [-0.2, 0) is 14.3 Å². The van der Waals surface area contributed by atoms with Crippen molar-refractivity contribution in [2.24, 2.45) is 5.92 Å². The number of amides is 1. The summed E-state index contributed by atoms with van der Waals surface area (Å²) in [6.07, 6.45) is 0. The number of benzene rings is 2. The van der Waals surface area contributed by atoms with Gasteiger partial charge in [0.25, 0.3) is 5.91 Å². The number of hydrogen-bond acceptors (Lipinski definition) is 4. The van der Waals surface area contributed by atoms with Crippen LogP contribution in [0.4, 0.5) is 4.39 Å². The van der Waals surface area contributed by atoms with Crippen molar-refractivity contribution in [1.82, 2.24) is 4.90 Å². The monoisotopic (exact) mass is 411 g/mol. The predicted octanol–water partition coefficient (Wildman–Crippen LogP) is 0.692. The summed E-state index contributed by atoms with van der Waals surface area (Å²) in [5, 5.41) is 0. The molecule has 1 N–H and O–H groups in total. The number of nitrogens with one attached hydrogen (secondary N) is 1. The minimum absolute atomic E-state index is 0.348. The number of carbonyl (C=O) groups excluding carboxylic acids is 3. The summed E-state index contributed by atoms with van der Waals surface area (Å²) in [6.45, 7) is 4.01. The van der Waals surface area contributed by atoms with Gasteiger partial charge in [0.05, 0.1) is 32.3 Å². The highest BCUT2D eigenvalue weighted by Gasteiger charge is 2.51. The fourth-order valence-corrected chi connectivity index (χ4v) is 4.23. The van der Waals surface area contributed by atoms with Crippen molar-refractivity contribution in [2.75, 3.05) is 39.4 Å². The highest BCUT2D eigenvalue weighted by molar-refractivity contribution is 6.44. The van der Waals surface area contributed by atoms with Gasteiger partial charge in [-0.25, -0.2) is 4.39 Å². The van der Waals surface area contributed by atoms with Gasteiger partial charge in [-0.3, -0.25) is 14.4 Å². The molecule has 2 aliphatic heterocycles. The maximum Gasteiger partial charge on any atom is 0.291 e. The molecule has 1 amide bonds. The number of carbonyl (C=O) groups is 3. The lowest BCUT2D eigenvalue weighted by atomic mass is 9.86. The number of morpholine rings is 1. The van der Waals surface area contributed by atoms with Gasteiger partial charge in [0.2, 0.25) is 5.78 Å². The molecule has 4 rings (SSSR count). The minimum atomic E-state index is -1.13. The van der Waals surface area contributed by atoms with Gasteiger partial charge in [0.15, 0.2) is 5.78 Å². The zero-order valence-corrected chi connectivity index (χ0v) is 16.6. The number of ketones is 2. The van der Waals surface area contributed by atoms with Crippen LogP contribution in [0.1, 0.15) is 22.0 Å². The molecule has 156 valence electrons. The third kappa shape index (κ3) is 4.04. The Morgan fingerprint density at radius 3 is 2.37 bits per heavy atom. The molecule has 2 aromatic carbocycles. The number of nitrogens with zero attached hydrogens (tertiary/aromatic N) is 1. The number of quaternary nitrogens is 1. The summed E-state index contributed by atoms with van der Waals surface area (Å²) in [5.74, 6) is -3.28. The first-order valence-electron chi connectivity index (χ1n) is 10.2. The van der Waals surface area contributed by atoms with Crippen LogP contribution in [0.3, 0.4) is 0 Å². The van der Waals surface area contributed by atoms with E-state index in [1.807, 2.05) is 0 Å². The number of rotatable bonds is 6. The number of halogens is 1. The van der Waals surface area contributed by atoms with Crippen LogP contribution in [0, 0.1) is 11.7 Å². The maximum atomic E-state index is 13.5. The molecule has 2 atom stereocenters.